The van der Waals surface area contributed by atoms with Gasteiger partial charge in [0.15, 0.2) is 5.75 Å². The molecule has 0 aliphatic rings. The zero-order chi connectivity index (χ0) is 12.0. The fraction of sp³-hybridized carbons (Fsp3) is 0.455. The fourth-order valence-corrected chi connectivity index (χ4v) is 1.32. The molecule has 5 heteroatoms. The SMILES string of the molecule is CNCCCOc1ccc(C)cc1[N+](=O)[O-]. The number of nitro groups is 1. The van der Waals surface area contributed by atoms with E-state index in [4.69, 9.17) is 4.74 Å². The van der Waals surface area contributed by atoms with E-state index < -0.39 is 4.92 Å². The fourth-order valence-electron chi connectivity index (χ4n) is 1.32. The van der Waals surface area contributed by atoms with E-state index in [1.165, 1.54) is 6.07 Å². The maximum absolute atomic E-state index is 10.8. The van der Waals surface area contributed by atoms with Crippen molar-refractivity contribution in [3.05, 3.63) is 33.9 Å². The summed E-state index contributed by atoms with van der Waals surface area (Å²) in [6, 6.07) is 4.97. The maximum atomic E-state index is 10.8. The Kier molecular flexibility index (Phi) is 4.72. The van der Waals surface area contributed by atoms with Crippen molar-refractivity contribution >= 4 is 5.69 Å². The minimum absolute atomic E-state index is 0.0319. The molecule has 0 bridgehead atoms. The molecule has 0 radical (unpaired) electrons. The summed E-state index contributed by atoms with van der Waals surface area (Å²) < 4.78 is 5.37. The van der Waals surface area contributed by atoms with Crippen LogP contribution in [0.4, 0.5) is 5.69 Å². The van der Waals surface area contributed by atoms with Crippen LogP contribution in [0.15, 0.2) is 18.2 Å². The van der Waals surface area contributed by atoms with E-state index in [9.17, 15) is 10.1 Å². The van der Waals surface area contributed by atoms with Crippen LogP contribution in [0, 0.1) is 17.0 Å². The number of hydrogen-bond donors (Lipinski definition) is 1. The molecule has 0 spiro atoms. The lowest BCUT2D eigenvalue weighted by molar-refractivity contribution is -0.385. The molecule has 1 N–H and O–H groups in total. The van der Waals surface area contributed by atoms with Gasteiger partial charge in [0, 0.05) is 6.07 Å². The minimum atomic E-state index is -0.416. The molecule has 0 fully saturated rings. The summed E-state index contributed by atoms with van der Waals surface area (Å²) in [7, 11) is 1.86. The number of nitrogens with one attached hydrogen (secondary N) is 1. The highest BCUT2D eigenvalue weighted by atomic mass is 16.6. The summed E-state index contributed by atoms with van der Waals surface area (Å²) in [4.78, 5) is 10.4. The van der Waals surface area contributed by atoms with Crippen molar-refractivity contribution in [3.8, 4) is 5.75 Å². The van der Waals surface area contributed by atoms with Crippen LogP contribution >= 0.6 is 0 Å². The van der Waals surface area contributed by atoms with Crippen LogP contribution in [0.2, 0.25) is 0 Å². The second-order valence-corrected chi connectivity index (χ2v) is 3.53. The quantitative estimate of drug-likeness (QED) is 0.455. The number of ether oxygens (including phenoxy) is 1. The van der Waals surface area contributed by atoms with Crippen LogP contribution in [0.1, 0.15) is 12.0 Å². The third-order valence-electron chi connectivity index (χ3n) is 2.14. The summed E-state index contributed by atoms with van der Waals surface area (Å²) in [5, 5.41) is 13.8. The first-order chi connectivity index (χ1) is 7.65. The first kappa shape index (κ1) is 12.4. The number of nitrogens with zero attached hydrogens (tertiary/aromatic N) is 1. The lowest BCUT2D eigenvalue weighted by Crippen LogP contribution is -2.11. The first-order valence-electron chi connectivity index (χ1n) is 5.17. The molecular formula is C11H16N2O3. The van der Waals surface area contributed by atoms with Crippen LogP contribution in [-0.4, -0.2) is 25.1 Å². The predicted molar refractivity (Wildman–Crippen MR) is 61.9 cm³/mol. The van der Waals surface area contributed by atoms with E-state index in [-0.39, 0.29) is 5.69 Å². The molecule has 0 heterocycles. The van der Waals surface area contributed by atoms with E-state index in [1.54, 1.807) is 12.1 Å². The Morgan fingerprint density at radius 3 is 2.88 bits per heavy atom. The largest absolute Gasteiger partial charge is 0.487 e. The highest BCUT2D eigenvalue weighted by Gasteiger charge is 2.14. The predicted octanol–water partition coefficient (Wildman–Crippen LogP) is 1.89. The van der Waals surface area contributed by atoms with Gasteiger partial charge in [-0.1, -0.05) is 6.07 Å². The number of aryl methyl sites for hydroxylation is 1. The van der Waals surface area contributed by atoms with E-state index in [0.717, 1.165) is 18.5 Å². The van der Waals surface area contributed by atoms with E-state index in [0.29, 0.717) is 12.4 Å². The van der Waals surface area contributed by atoms with Gasteiger partial charge < -0.3 is 10.1 Å². The molecule has 0 saturated heterocycles. The lowest BCUT2D eigenvalue weighted by Gasteiger charge is -2.06. The van der Waals surface area contributed by atoms with Gasteiger partial charge in [-0.25, -0.2) is 0 Å². The topological polar surface area (TPSA) is 64.4 Å². The van der Waals surface area contributed by atoms with Crippen molar-refractivity contribution in [2.75, 3.05) is 20.2 Å². The van der Waals surface area contributed by atoms with Crippen molar-refractivity contribution in [1.82, 2.24) is 5.32 Å². The zero-order valence-corrected chi connectivity index (χ0v) is 9.53. The molecule has 88 valence electrons. The van der Waals surface area contributed by atoms with Crippen LogP contribution in [0.5, 0.6) is 5.75 Å². The molecule has 0 aromatic heterocycles. The molecular weight excluding hydrogens is 208 g/mol. The van der Waals surface area contributed by atoms with Crippen LogP contribution in [0.3, 0.4) is 0 Å². The Morgan fingerprint density at radius 2 is 2.25 bits per heavy atom. The molecule has 1 aromatic rings. The smallest absolute Gasteiger partial charge is 0.311 e. The third-order valence-corrected chi connectivity index (χ3v) is 2.14. The van der Waals surface area contributed by atoms with E-state index >= 15 is 0 Å². The Bertz CT molecular complexity index is 366. The zero-order valence-electron chi connectivity index (χ0n) is 9.53. The highest BCUT2D eigenvalue weighted by Crippen LogP contribution is 2.27. The first-order valence-corrected chi connectivity index (χ1v) is 5.17. The lowest BCUT2D eigenvalue weighted by atomic mass is 10.2. The average Bonchev–Trinajstić information content (AvgIpc) is 2.26. The van der Waals surface area contributed by atoms with Gasteiger partial charge in [-0.15, -0.1) is 0 Å². The number of rotatable bonds is 6. The number of nitro benzene ring substituents is 1. The van der Waals surface area contributed by atoms with Crippen LogP contribution in [-0.2, 0) is 0 Å². The molecule has 1 rings (SSSR count). The van der Waals surface area contributed by atoms with Gasteiger partial charge in [0.1, 0.15) is 0 Å². The number of benzene rings is 1. The van der Waals surface area contributed by atoms with Crippen LogP contribution < -0.4 is 10.1 Å². The van der Waals surface area contributed by atoms with E-state index in [1.807, 2.05) is 14.0 Å². The molecule has 16 heavy (non-hydrogen) atoms. The summed E-state index contributed by atoms with van der Waals surface area (Å²) in [5.41, 5.74) is 0.888. The minimum Gasteiger partial charge on any atom is -0.487 e. The molecule has 1 aromatic carbocycles. The standard InChI is InChI=1S/C11H16N2O3/c1-9-4-5-11(10(8-9)13(14)15)16-7-3-6-12-2/h4-5,8,12H,3,6-7H2,1-2H3. The summed E-state index contributed by atoms with van der Waals surface area (Å²) >= 11 is 0. The van der Waals surface area contributed by atoms with Gasteiger partial charge in [0.2, 0.25) is 0 Å². The molecule has 0 saturated carbocycles. The Hall–Kier alpha value is -1.62. The van der Waals surface area contributed by atoms with Gasteiger partial charge >= 0.3 is 5.69 Å². The van der Waals surface area contributed by atoms with Gasteiger partial charge in [-0.05, 0) is 38.6 Å². The van der Waals surface area contributed by atoms with Crippen molar-refractivity contribution in [1.29, 1.82) is 0 Å². The summed E-state index contributed by atoms with van der Waals surface area (Å²) in [6.07, 6.45) is 0.821. The molecule has 0 aliphatic heterocycles. The molecule has 0 unspecified atom stereocenters. The Morgan fingerprint density at radius 1 is 1.50 bits per heavy atom. The monoisotopic (exact) mass is 224 g/mol. The second-order valence-electron chi connectivity index (χ2n) is 3.53. The average molecular weight is 224 g/mol. The third kappa shape index (κ3) is 3.51. The maximum Gasteiger partial charge on any atom is 0.311 e. The van der Waals surface area contributed by atoms with E-state index in [2.05, 4.69) is 5.32 Å². The second kappa shape index (κ2) is 6.07. The van der Waals surface area contributed by atoms with Gasteiger partial charge in [0.25, 0.3) is 0 Å². The number of hydrogen-bond acceptors (Lipinski definition) is 4. The van der Waals surface area contributed by atoms with Crippen molar-refractivity contribution < 1.29 is 9.66 Å². The van der Waals surface area contributed by atoms with Crippen molar-refractivity contribution in [2.24, 2.45) is 0 Å². The highest BCUT2D eigenvalue weighted by molar-refractivity contribution is 5.48. The van der Waals surface area contributed by atoms with Gasteiger partial charge in [-0.2, -0.15) is 0 Å². The molecule has 5 nitrogen and oxygen atoms in total. The normalized spacial score (nSPS) is 10.1. The molecule has 0 atom stereocenters. The Balaban J connectivity index is 2.67. The van der Waals surface area contributed by atoms with Crippen molar-refractivity contribution in [2.45, 2.75) is 13.3 Å². The van der Waals surface area contributed by atoms with Crippen LogP contribution in [0.25, 0.3) is 0 Å². The molecule has 0 amide bonds. The summed E-state index contributed by atoms with van der Waals surface area (Å²) in [5.74, 6) is 0.340. The molecule has 0 aliphatic carbocycles. The Labute approximate surface area is 94.6 Å². The van der Waals surface area contributed by atoms with Gasteiger partial charge in [0.05, 0.1) is 11.5 Å². The van der Waals surface area contributed by atoms with Crippen molar-refractivity contribution in [3.63, 3.8) is 0 Å². The van der Waals surface area contributed by atoms with Gasteiger partial charge in [-0.3, -0.25) is 10.1 Å². The summed E-state index contributed by atoms with van der Waals surface area (Å²) in [6.45, 7) is 3.13.